The SMILES string of the molecule is CCCN(C)C1CCC(NC(C)C)(C(=O)OCC)C1. The van der Waals surface area contributed by atoms with Crippen LogP contribution < -0.4 is 5.32 Å². The molecule has 1 rings (SSSR count). The van der Waals surface area contributed by atoms with Gasteiger partial charge >= 0.3 is 5.97 Å². The van der Waals surface area contributed by atoms with Crippen LogP contribution >= 0.6 is 0 Å². The first-order valence-electron chi connectivity index (χ1n) is 7.60. The van der Waals surface area contributed by atoms with E-state index in [0.29, 0.717) is 18.7 Å². The van der Waals surface area contributed by atoms with Crippen molar-refractivity contribution >= 4 is 5.97 Å². The molecular formula is C15H30N2O2. The fraction of sp³-hybridized carbons (Fsp3) is 0.933. The first kappa shape index (κ1) is 16.4. The molecule has 0 bridgehead atoms. The molecule has 112 valence electrons. The normalized spacial score (nSPS) is 27.2. The van der Waals surface area contributed by atoms with Gasteiger partial charge in [-0.2, -0.15) is 0 Å². The lowest BCUT2D eigenvalue weighted by molar-refractivity contribution is -0.151. The van der Waals surface area contributed by atoms with Gasteiger partial charge in [-0.05, 0) is 60.0 Å². The number of hydrogen-bond donors (Lipinski definition) is 1. The summed E-state index contributed by atoms with van der Waals surface area (Å²) in [6.07, 6.45) is 3.95. The molecule has 19 heavy (non-hydrogen) atoms. The van der Waals surface area contributed by atoms with Gasteiger partial charge in [0.2, 0.25) is 0 Å². The maximum atomic E-state index is 12.3. The Labute approximate surface area is 117 Å². The van der Waals surface area contributed by atoms with Crippen LogP contribution in [0.5, 0.6) is 0 Å². The van der Waals surface area contributed by atoms with Crippen molar-refractivity contribution in [2.24, 2.45) is 0 Å². The van der Waals surface area contributed by atoms with Gasteiger partial charge in [-0.25, -0.2) is 0 Å². The van der Waals surface area contributed by atoms with E-state index in [4.69, 9.17) is 4.74 Å². The zero-order chi connectivity index (χ0) is 14.5. The summed E-state index contributed by atoms with van der Waals surface area (Å²) in [6, 6.07) is 0.773. The third-order valence-electron chi connectivity index (χ3n) is 3.92. The lowest BCUT2D eigenvalue weighted by atomic mass is 9.96. The van der Waals surface area contributed by atoms with E-state index in [1.54, 1.807) is 0 Å². The molecule has 0 aliphatic heterocycles. The highest BCUT2D eigenvalue weighted by molar-refractivity contribution is 5.81. The number of carbonyl (C=O) groups excluding carboxylic acids is 1. The summed E-state index contributed by atoms with van der Waals surface area (Å²) < 4.78 is 5.30. The summed E-state index contributed by atoms with van der Waals surface area (Å²) in [7, 11) is 2.16. The van der Waals surface area contributed by atoms with Crippen molar-refractivity contribution < 1.29 is 9.53 Å². The van der Waals surface area contributed by atoms with E-state index in [2.05, 4.69) is 38.0 Å². The van der Waals surface area contributed by atoms with Crippen LogP contribution in [0.15, 0.2) is 0 Å². The molecule has 2 atom stereocenters. The zero-order valence-electron chi connectivity index (χ0n) is 13.2. The maximum absolute atomic E-state index is 12.3. The summed E-state index contributed by atoms with van der Waals surface area (Å²) in [5.41, 5.74) is -0.475. The van der Waals surface area contributed by atoms with Gasteiger partial charge in [0.15, 0.2) is 0 Å². The van der Waals surface area contributed by atoms with E-state index < -0.39 is 5.54 Å². The lowest BCUT2D eigenvalue weighted by Crippen LogP contribution is -2.54. The fourth-order valence-corrected chi connectivity index (χ4v) is 3.13. The molecule has 4 heteroatoms. The van der Waals surface area contributed by atoms with E-state index >= 15 is 0 Å². The molecule has 1 aliphatic rings. The number of nitrogens with one attached hydrogen (secondary N) is 1. The minimum atomic E-state index is -0.475. The van der Waals surface area contributed by atoms with Crippen LogP contribution in [0.4, 0.5) is 0 Å². The van der Waals surface area contributed by atoms with Gasteiger partial charge in [0.05, 0.1) is 6.61 Å². The third-order valence-corrected chi connectivity index (χ3v) is 3.92. The Morgan fingerprint density at radius 2 is 2.16 bits per heavy atom. The van der Waals surface area contributed by atoms with Gasteiger partial charge in [0, 0.05) is 12.1 Å². The Hall–Kier alpha value is -0.610. The van der Waals surface area contributed by atoms with Crippen LogP contribution in [0, 0.1) is 0 Å². The quantitative estimate of drug-likeness (QED) is 0.720. The average Bonchev–Trinajstić information content (AvgIpc) is 2.74. The number of nitrogens with zero attached hydrogens (tertiary/aromatic N) is 1. The van der Waals surface area contributed by atoms with E-state index in [9.17, 15) is 4.79 Å². The maximum Gasteiger partial charge on any atom is 0.326 e. The second-order valence-corrected chi connectivity index (χ2v) is 5.98. The second-order valence-electron chi connectivity index (χ2n) is 5.98. The Balaban J connectivity index is 2.75. The molecule has 1 saturated carbocycles. The lowest BCUT2D eigenvalue weighted by Gasteiger charge is -2.32. The van der Waals surface area contributed by atoms with Gasteiger partial charge in [0.25, 0.3) is 0 Å². The Bertz CT molecular complexity index is 294. The van der Waals surface area contributed by atoms with Crippen molar-refractivity contribution in [3.05, 3.63) is 0 Å². The van der Waals surface area contributed by atoms with E-state index in [0.717, 1.165) is 32.2 Å². The Kier molecular flexibility index (Phi) is 6.27. The molecule has 1 fully saturated rings. The number of carbonyl (C=O) groups is 1. The van der Waals surface area contributed by atoms with Crippen molar-refractivity contribution in [2.75, 3.05) is 20.2 Å². The summed E-state index contributed by atoms with van der Waals surface area (Å²) >= 11 is 0. The van der Waals surface area contributed by atoms with Crippen LogP contribution in [0.2, 0.25) is 0 Å². The highest BCUT2D eigenvalue weighted by atomic mass is 16.5. The number of rotatable bonds is 7. The van der Waals surface area contributed by atoms with Crippen molar-refractivity contribution in [2.45, 2.75) is 71.0 Å². The van der Waals surface area contributed by atoms with Crippen molar-refractivity contribution in [3.63, 3.8) is 0 Å². The standard InChI is InChI=1S/C15H30N2O2/c1-6-10-17(5)13-8-9-15(11-13,16-12(3)4)14(18)19-7-2/h12-13,16H,6-11H2,1-5H3. The minimum Gasteiger partial charge on any atom is -0.465 e. The van der Waals surface area contributed by atoms with Gasteiger partial charge in [-0.15, -0.1) is 0 Å². The molecule has 0 spiro atoms. The summed E-state index contributed by atoms with van der Waals surface area (Å²) in [4.78, 5) is 14.7. The van der Waals surface area contributed by atoms with Crippen molar-refractivity contribution in [3.8, 4) is 0 Å². The molecule has 0 aromatic carbocycles. The number of ether oxygens (including phenoxy) is 1. The predicted molar refractivity (Wildman–Crippen MR) is 78.2 cm³/mol. The van der Waals surface area contributed by atoms with Gasteiger partial charge < -0.3 is 9.64 Å². The van der Waals surface area contributed by atoms with Crippen LogP contribution in [0.25, 0.3) is 0 Å². The van der Waals surface area contributed by atoms with Crippen molar-refractivity contribution in [1.29, 1.82) is 0 Å². The molecule has 1 aliphatic carbocycles. The largest absolute Gasteiger partial charge is 0.465 e. The summed E-state index contributed by atoms with van der Waals surface area (Å²) in [6.45, 7) is 9.78. The van der Waals surface area contributed by atoms with Gasteiger partial charge in [-0.3, -0.25) is 10.1 Å². The molecule has 0 radical (unpaired) electrons. The van der Waals surface area contributed by atoms with Gasteiger partial charge in [0.1, 0.15) is 5.54 Å². The van der Waals surface area contributed by atoms with E-state index in [-0.39, 0.29) is 5.97 Å². The third kappa shape index (κ3) is 4.18. The molecular weight excluding hydrogens is 240 g/mol. The van der Waals surface area contributed by atoms with Crippen LogP contribution in [-0.4, -0.2) is 48.7 Å². The molecule has 0 aromatic heterocycles. The second kappa shape index (κ2) is 7.25. The highest BCUT2D eigenvalue weighted by Gasteiger charge is 2.47. The monoisotopic (exact) mass is 270 g/mol. The fourth-order valence-electron chi connectivity index (χ4n) is 3.13. The molecule has 2 unspecified atom stereocenters. The first-order valence-corrected chi connectivity index (χ1v) is 7.60. The van der Waals surface area contributed by atoms with E-state index in [1.165, 1.54) is 0 Å². The number of hydrogen-bond acceptors (Lipinski definition) is 4. The first-order chi connectivity index (χ1) is 8.95. The van der Waals surface area contributed by atoms with Crippen LogP contribution in [0.1, 0.15) is 53.4 Å². The zero-order valence-corrected chi connectivity index (χ0v) is 13.2. The smallest absolute Gasteiger partial charge is 0.326 e. The molecule has 0 heterocycles. The highest BCUT2D eigenvalue weighted by Crippen LogP contribution is 2.34. The van der Waals surface area contributed by atoms with Crippen LogP contribution in [0.3, 0.4) is 0 Å². The molecule has 4 nitrogen and oxygen atoms in total. The van der Waals surface area contributed by atoms with Crippen LogP contribution in [-0.2, 0) is 9.53 Å². The topological polar surface area (TPSA) is 41.6 Å². The molecule has 0 amide bonds. The predicted octanol–water partition coefficient (Wildman–Crippen LogP) is 2.18. The Morgan fingerprint density at radius 1 is 1.47 bits per heavy atom. The summed E-state index contributed by atoms with van der Waals surface area (Å²) in [5.74, 6) is -0.0731. The summed E-state index contributed by atoms with van der Waals surface area (Å²) in [5, 5.41) is 3.47. The van der Waals surface area contributed by atoms with Gasteiger partial charge in [-0.1, -0.05) is 6.92 Å². The minimum absolute atomic E-state index is 0.0731. The molecule has 1 N–H and O–H groups in total. The average molecular weight is 270 g/mol. The number of esters is 1. The Morgan fingerprint density at radius 3 is 2.68 bits per heavy atom. The molecule has 0 aromatic rings. The van der Waals surface area contributed by atoms with Crippen molar-refractivity contribution in [1.82, 2.24) is 10.2 Å². The molecule has 0 saturated heterocycles. The van der Waals surface area contributed by atoms with E-state index in [1.807, 2.05) is 6.92 Å².